The van der Waals surface area contributed by atoms with Crippen LogP contribution in [0.1, 0.15) is 29.7 Å². The third-order valence-corrected chi connectivity index (χ3v) is 4.51. The van der Waals surface area contributed by atoms with Gasteiger partial charge in [-0.1, -0.05) is 35.5 Å². The Hall–Kier alpha value is -1.45. The van der Waals surface area contributed by atoms with E-state index in [1.54, 1.807) is 18.9 Å². The van der Waals surface area contributed by atoms with E-state index in [9.17, 15) is 0 Å². The van der Waals surface area contributed by atoms with E-state index in [0.717, 1.165) is 16.2 Å². The van der Waals surface area contributed by atoms with Crippen molar-refractivity contribution < 1.29 is 4.74 Å². The number of ether oxygens (including phenoxy) is 1. The van der Waals surface area contributed by atoms with Crippen molar-refractivity contribution >= 4 is 11.8 Å². The molecule has 20 heavy (non-hydrogen) atoms. The molecular formula is C17H21NOS. The molecule has 2 nitrogen and oxygen atoms in total. The molecular weight excluding hydrogens is 266 g/mol. The summed E-state index contributed by atoms with van der Waals surface area (Å²) in [6, 6.07) is 12.5. The molecule has 1 atom stereocenters. The fourth-order valence-corrected chi connectivity index (χ4v) is 3.41. The molecule has 0 aliphatic carbocycles. The van der Waals surface area contributed by atoms with Crippen LogP contribution in [0.4, 0.5) is 0 Å². The minimum absolute atomic E-state index is 0.0561. The maximum atomic E-state index is 6.11. The first-order valence-electron chi connectivity index (χ1n) is 6.70. The highest BCUT2D eigenvalue weighted by Gasteiger charge is 2.14. The summed E-state index contributed by atoms with van der Waals surface area (Å²) in [6.07, 6.45) is 0. The number of hydrogen-bond acceptors (Lipinski definition) is 3. The van der Waals surface area contributed by atoms with Gasteiger partial charge in [0.25, 0.3) is 0 Å². The van der Waals surface area contributed by atoms with Crippen LogP contribution in [-0.4, -0.2) is 7.11 Å². The van der Waals surface area contributed by atoms with Crippen molar-refractivity contribution in [3.8, 4) is 5.75 Å². The molecule has 3 heteroatoms. The van der Waals surface area contributed by atoms with Crippen molar-refractivity contribution in [3.63, 3.8) is 0 Å². The molecule has 0 spiro atoms. The second kappa shape index (κ2) is 6.33. The van der Waals surface area contributed by atoms with Crippen LogP contribution in [0, 0.1) is 13.8 Å². The molecule has 0 heterocycles. The Morgan fingerprint density at radius 3 is 2.45 bits per heavy atom. The Bertz CT molecular complexity index is 608. The molecule has 0 aliphatic heterocycles. The lowest BCUT2D eigenvalue weighted by molar-refractivity contribution is 0.405. The first-order chi connectivity index (χ1) is 9.52. The first kappa shape index (κ1) is 14.9. The zero-order valence-corrected chi connectivity index (χ0v) is 13.3. The standard InChI is InChI=1S/C17H21NOS/c1-11-8-9-15(12(2)10-11)20-16-7-5-6-14(19-4)17(16)13(3)18/h5-10,13H,18H2,1-4H3/t13-/m1/s1. The van der Waals surface area contributed by atoms with Crippen molar-refractivity contribution in [2.45, 2.75) is 36.6 Å². The average Bonchev–Trinajstić information content (AvgIpc) is 2.41. The molecule has 2 N–H and O–H groups in total. The SMILES string of the molecule is COc1cccc(Sc2ccc(C)cc2C)c1[C@@H](C)N. The normalized spacial score (nSPS) is 12.2. The van der Waals surface area contributed by atoms with Gasteiger partial charge in [0, 0.05) is 21.4 Å². The number of methoxy groups -OCH3 is 1. The zero-order chi connectivity index (χ0) is 14.7. The molecule has 0 amide bonds. The van der Waals surface area contributed by atoms with Gasteiger partial charge in [-0.25, -0.2) is 0 Å². The zero-order valence-electron chi connectivity index (χ0n) is 12.4. The van der Waals surface area contributed by atoms with Gasteiger partial charge >= 0.3 is 0 Å². The third-order valence-electron chi connectivity index (χ3n) is 3.25. The summed E-state index contributed by atoms with van der Waals surface area (Å²) in [4.78, 5) is 2.41. The summed E-state index contributed by atoms with van der Waals surface area (Å²) < 4.78 is 5.44. The average molecular weight is 287 g/mol. The molecule has 2 aromatic carbocycles. The predicted molar refractivity (Wildman–Crippen MR) is 85.6 cm³/mol. The molecule has 0 saturated carbocycles. The third kappa shape index (κ3) is 3.17. The lowest BCUT2D eigenvalue weighted by Crippen LogP contribution is -2.08. The topological polar surface area (TPSA) is 35.2 Å². The molecule has 0 saturated heterocycles. The quantitative estimate of drug-likeness (QED) is 0.900. The molecule has 0 aliphatic rings. The van der Waals surface area contributed by atoms with Gasteiger partial charge in [0.15, 0.2) is 0 Å². The van der Waals surface area contributed by atoms with Gasteiger partial charge in [0.1, 0.15) is 5.75 Å². The number of rotatable bonds is 4. The Morgan fingerprint density at radius 2 is 1.85 bits per heavy atom. The summed E-state index contributed by atoms with van der Waals surface area (Å²) in [6.45, 7) is 6.24. The van der Waals surface area contributed by atoms with Gasteiger partial charge in [0.2, 0.25) is 0 Å². The van der Waals surface area contributed by atoms with E-state index in [2.05, 4.69) is 38.1 Å². The molecule has 0 radical (unpaired) electrons. The van der Waals surface area contributed by atoms with E-state index in [-0.39, 0.29) is 6.04 Å². The van der Waals surface area contributed by atoms with Gasteiger partial charge in [-0.3, -0.25) is 0 Å². The van der Waals surface area contributed by atoms with Crippen LogP contribution >= 0.6 is 11.8 Å². The maximum Gasteiger partial charge on any atom is 0.124 e. The lowest BCUT2D eigenvalue weighted by Gasteiger charge is -2.17. The molecule has 2 aromatic rings. The minimum Gasteiger partial charge on any atom is -0.496 e. The van der Waals surface area contributed by atoms with Gasteiger partial charge in [-0.05, 0) is 44.5 Å². The predicted octanol–water partition coefficient (Wildman–Crippen LogP) is 4.48. The largest absolute Gasteiger partial charge is 0.496 e. The fraction of sp³-hybridized carbons (Fsp3) is 0.294. The molecule has 106 valence electrons. The van der Waals surface area contributed by atoms with Crippen LogP contribution in [0.3, 0.4) is 0 Å². The second-order valence-electron chi connectivity index (χ2n) is 5.03. The minimum atomic E-state index is -0.0561. The monoisotopic (exact) mass is 287 g/mol. The van der Waals surface area contributed by atoms with Crippen molar-refractivity contribution in [1.82, 2.24) is 0 Å². The fourth-order valence-electron chi connectivity index (χ4n) is 2.27. The van der Waals surface area contributed by atoms with E-state index in [4.69, 9.17) is 10.5 Å². The highest BCUT2D eigenvalue weighted by Crippen LogP contribution is 2.38. The maximum absolute atomic E-state index is 6.11. The van der Waals surface area contributed by atoms with E-state index in [1.807, 2.05) is 19.1 Å². The van der Waals surface area contributed by atoms with Crippen molar-refractivity contribution in [2.24, 2.45) is 5.73 Å². The summed E-state index contributed by atoms with van der Waals surface area (Å²) in [5, 5.41) is 0. The Labute approximate surface area is 125 Å². The van der Waals surface area contributed by atoms with Crippen LogP contribution in [0.2, 0.25) is 0 Å². The molecule has 0 unspecified atom stereocenters. The molecule has 2 rings (SSSR count). The number of aryl methyl sites for hydroxylation is 2. The number of benzene rings is 2. The Balaban J connectivity index is 2.43. The first-order valence-corrected chi connectivity index (χ1v) is 7.52. The Kier molecular flexibility index (Phi) is 4.73. The van der Waals surface area contributed by atoms with E-state index >= 15 is 0 Å². The van der Waals surface area contributed by atoms with Crippen molar-refractivity contribution in [1.29, 1.82) is 0 Å². The van der Waals surface area contributed by atoms with E-state index in [1.165, 1.54) is 16.0 Å². The summed E-state index contributed by atoms with van der Waals surface area (Å²) in [5.41, 5.74) is 9.75. The summed E-state index contributed by atoms with van der Waals surface area (Å²) >= 11 is 1.75. The highest BCUT2D eigenvalue weighted by molar-refractivity contribution is 7.99. The van der Waals surface area contributed by atoms with Gasteiger partial charge < -0.3 is 10.5 Å². The van der Waals surface area contributed by atoms with Crippen molar-refractivity contribution in [3.05, 3.63) is 53.1 Å². The van der Waals surface area contributed by atoms with Gasteiger partial charge in [-0.15, -0.1) is 0 Å². The smallest absolute Gasteiger partial charge is 0.124 e. The van der Waals surface area contributed by atoms with E-state index in [0.29, 0.717) is 0 Å². The van der Waals surface area contributed by atoms with Crippen LogP contribution in [0.5, 0.6) is 5.75 Å². The number of nitrogens with two attached hydrogens (primary N) is 1. The second-order valence-corrected chi connectivity index (χ2v) is 6.12. The number of hydrogen-bond donors (Lipinski definition) is 1. The Morgan fingerprint density at radius 1 is 1.10 bits per heavy atom. The summed E-state index contributed by atoms with van der Waals surface area (Å²) in [7, 11) is 1.69. The van der Waals surface area contributed by atoms with Gasteiger partial charge in [-0.2, -0.15) is 0 Å². The van der Waals surface area contributed by atoms with Crippen LogP contribution in [0.25, 0.3) is 0 Å². The summed E-state index contributed by atoms with van der Waals surface area (Å²) in [5.74, 6) is 0.856. The van der Waals surface area contributed by atoms with Gasteiger partial charge in [0.05, 0.1) is 7.11 Å². The van der Waals surface area contributed by atoms with Crippen LogP contribution in [-0.2, 0) is 0 Å². The van der Waals surface area contributed by atoms with E-state index < -0.39 is 0 Å². The van der Waals surface area contributed by atoms with Crippen LogP contribution in [0.15, 0.2) is 46.2 Å². The molecule has 0 bridgehead atoms. The molecule has 0 aromatic heterocycles. The molecule has 0 fully saturated rings. The van der Waals surface area contributed by atoms with Crippen LogP contribution < -0.4 is 10.5 Å². The lowest BCUT2D eigenvalue weighted by atomic mass is 10.1. The van der Waals surface area contributed by atoms with Crippen molar-refractivity contribution in [2.75, 3.05) is 7.11 Å². The highest BCUT2D eigenvalue weighted by atomic mass is 32.2.